The highest BCUT2D eigenvalue weighted by Gasteiger charge is 2.33. The van der Waals surface area contributed by atoms with Crippen molar-refractivity contribution < 1.29 is 9.90 Å². The van der Waals surface area contributed by atoms with Gasteiger partial charge in [0.25, 0.3) is 0 Å². The number of aliphatic hydroxyl groups is 1. The Balaban J connectivity index is 2.38. The van der Waals surface area contributed by atoms with Crippen LogP contribution in [0.4, 0.5) is 0 Å². The fourth-order valence-corrected chi connectivity index (χ4v) is 2.33. The van der Waals surface area contributed by atoms with Crippen molar-refractivity contribution >= 4 is 5.91 Å². The number of amides is 1. The Bertz CT molecular complexity index is 245. The van der Waals surface area contributed by atoms with Crippen molar-refractivity contribution in [1.29, 1.82) is 0 Å². The highest BCUT2D eigenvalue weighted by molar-refractivity contribution is 5.78. The first kappa shape index (κ1) is 13.5. The molecule has 1 amide bonds. The number of nitrogens with two attached hydrogens (primary N) is 1. The minimum atomic E-state index is -0.707. The van der Waals surface area contributed by atoms with Crippen LogP contribution in [-0.4, -0.2) is 29.7 Å². The monoisotopic (exact) mass is 228 g/mol. The Morgan fingerprint density at radius 1 is 1.69 bits per heavy atom. The summed E-state index contributed by atoms with van der Waals surface area (Å²) in [6.07, 6.45) is 3.79. The number of rotatable bonds is 4. The van der Waals surface area contributed by atoms with Gasteiger partial charge in [-0.15, -0.1) is 0 Å². The quantitative estimate of drug-likeness (QED) is 0.661. The Hall–Kier alpha value is -0.610. The number of carbonyl (C=O) groups excluding carboxylic acids is 1. The summed E-state index contributed by atoms with van der Waals surface area (Å²) >= 11 is 0. The van der Waals surface area contributed by atoms with Gasteiger partial charge in [-0.05, 0) is 18.8 Å². The molecule has 16 heavy (non-hydrogen) atoms. The van der Waals surface area contributed by atoms with E-state index in [0.717, 1.165) is 19.3 Å². The van der Waals surface area contributed by atoms with Crippen molar-refractivity contribution in [2.75, 3.05) is 13.1 Å². The standard InChI is InChI=1S/C12H24N2O2/c1-9-4-3-5-12(16,6-9)8-14-11(15)10(2)7-13/h9-10,16H,3-8,13H2,1-2H3,(H,14,15). The molecule has 4 nitrogen and oxygen atoms in total. The average Bonchev–Trinajstić information content (AvgIpc) is 2.24. The largest absolute Gasteiger partial charge is 0.388 e. The molecule has 0 aromatic heterocycles. The summed E-state index contributed by atoms with van der Waals surface area (Å²) < 4.78 is 0. The molecule has 4 heteroatoms. The zero-order valence-electron chi connectivity index (χ0n) is 10.3. The Kier molecular flexibility index (Phi) is 4.74. The van der Waals surface area contributed by atoms with E-state index in [1.54, 1.807) is 6.92 Å². The van der Waals surface area contributed by atoms with E-state index in [0.29, 0.717) is 19.0 Å². The van der Waals surface area contributed by atoms with Crippen molar-refractivity contribution in [2.45, 2.75) is 45.1 Å². The smallest absolute Gasteiger partial charge is 0.224 e. The summed E-state index contributed by atoms with van der Waals surface area (Å²) in [5.41, 5.74) is 4.71. The third kappa shape index (κ3) is 3.76. The van der Waals surface area contributed by atoms with E-state index < -0.39 is 5.60 Å². The maximum absolute atomic E-state index is 11.5. The van der Waals surface area contributed by atoms with Crippen LogP contribution in [-0.2, 0) is 4.79 Å². The van der Waals surface area contributed by atoms with Crippen LogP contribution < -0.4 is 11.1 Å². The molecule has 0 aromatic rings. The minimum absolute atomic E-state index is 0.0610. The SMILES string of the molecule is CC1CCCC(O)(CNC(=O)C(C)CN)C1. The lowest BCUT2D eigenvalue weighted by atomic mass is 9.79. The molecule has 0 radical (unpaired) electrons. The summed E-state index contributed by atoms with van der Waals surface area (Å²) in [6, 6.07) is 0. The Morgan fingerprint density at radius 3 is 2.94 bits per heavy atom. The summed E-state index contributed by atoms with van der Waals surface area (Å²) in [6.45, 7) is 4.65. The van der Waals surface area contributed by atoms with E-state index in [1.807, 2.05) is 0 Å². The number of hydrogen-bond donors (Lipinski definition) is 3. The van der Waals surface area contributed by atoms with Gasteiger partial charge in [-0.1, -0.05) is 26.7 Å². The van der Waals surface area contributed by atoms with Gasteiger partial charge in [-0.25, -0.2) is 0 Å². The molecule has 0 spiro atoms. The molecule has 3 unspecified atom stereocenters. The van der Waals surface area contributed by atoms with Crippen molar-refractivity contribution in [3.8, 4) is 0 Å². The van der Waals surface area contributed by atoms with Crippen molar-refractivity contribution in [2.24, 2.45) is 17.6 Å². The van der Waals surface area contributed by atoms with Gasteiger partial charge >= 0.3 is 0 Å². The van der Waals surface area contributed by atoms with E-state index in [4.69, 9.17) is 5.73 Å². The van der Waals surface area contributed by atoms with Gasteiger partial charge in [0, 0.05) is 19.0 Å². The van der Waals surface area contributed by atoms with Crippen molar-refractivity contribution in [1.82, 2.24) is 5.32 Å². The van der Waals surface area contributed by atoms with Gasteiger partial charge in [-0.2, -0.15) is 0 Å². The summed E-state index contributed by atoms with van der Waals surface area (Å²) in [4.78, 5) is 11.5. The predicted octanol–water partition coefficient (Wildman–Crippen LogP) is 0.639. The Morgan fingerprint density at radius 2 is 2.38 bits per heavy atom. The van der Waals surface area contributed by atoms with Crippen molar-refractivity contribution in [3.63, 3.8) is 0 Å². The molecule has 1 rings (SSSR count). The lowest BCUT2D eigenvalue weighted by molar-refractivity contribution is -0.126. The third-order valence-corrected chi connectivity index (χ3v) is 3.46. The van der Waals surface area contributed by atoms with Crippen molar-refractivity contribution in [3.05, 3.63) is 0 Å². The van der Waals surface area contributed by atoms with Crippen LogP contribution in [0.15, 0.2) is 0 Å². The zero-order valence-corrected chi connectivity index (χ0v) is 10.3. The third-order valence-electron chi connectivity index (χ3n) is 3.46. The van der Waals surface area contributed by atoms with Gasteiger partial charge in [0.2, 0.25) is 5.91 Å². The Labute approximate surface area is 97.6 Å². The topological polar surface area (TPSA) is 75.3 Å². The van der Waals surface area contributed by atoms with Gasteiger partial charge in [0.15, 0.2) is 0 Å². The molecule has 3 atom stereocenters. The van der Waals surface area contributed by atoms with Crippen LogP contribution in [0.5, 0.6) is 0 Å². The number of hydrogen-bond acceptors (Lipinski definition) is 3. The summed E-state index contributed by atoms with van der Waals surface area (Å²) in [7, 11) is 0. The van der Waals surface area contributed by atoms with Crippen LogP contribution >= 0.6 is 0 Å². The molecule has 1 aliphatic carbocycles. The molecular formula is C12H24N2O2. The second kappa shape index (κ2) is 5.64. The fourth-order valence-electron chi connectivity index (χ4n) is 2.33. The first-order chi connectivity index (χ1) is 7.47. The van der Waals surface area contributed by atoms with Crippen LogP contribution in [0.3, 0.4) is 0 Å². The molecule has 0 aliphatic heterocycles. The normalized spacial score (nSPS) is 32.1. The molecule has 1 fully saturated rings. The van der Waals surface area contributed by atoms with Gasteiger partial charge in [0.05, 0.1) is 5.60 Å². The number of carbonyl (C=O) groups is 1. The summed E-state index contributed by atoms with van der Waals surface area (Å²) in [5, 5.41) is 13.1. The molecule has 0 heterocycles. The highest BCUT2D eigenvalue weighted by atomic mass is 16.3. The van der Waals surface area contributed by atoms with E-state index in [-0.39, 0.29) is 11.8 Å². The maximum atomic E-state index is 11.5. The zero-order chi connectivity index (χ0) is 12.2. The molecule has 1 aliphatic rings. The molecule has 94 valence electrons. The second-order valence-electron chi connectivity index (χ2n) is 5.28. The molecule has 1 saturated carbocycles. The van der Waals surface area contributed by atoms with Gasteiger partial charge in [0.1, 0.15) is 0 Å². The second-order valence-corrected chi connectivity index (χ2v) is 5.28. The van der Waals surface area contributed by atoms with E-state index >= 15 is 0 Å². The van der Waals surface area contributed by atoms with Gasteiger partial charge < -0.3 is 16.2 Å². The lowest BCUT2D eigenvalue weighted by Gasteiger charge is -2.35. The fraction of sp³-hybridized carbons (Fsp3) is 0.917. The molecule has 4 N–H and O–H groups in total. The molecule has 0 bridgehead atoms. The van der Waals surface area contributed by atoms with Crippen LogP contribution in [0.1, 0.15) is 39.5 Å². The minimum Gasteiger partial charge on any atom is -0.388 e. The lowest BCUT2D eigenvalue weighted by Crippen LogP contribution is -2.47. The predicted molar refractivity (Wildman–Crippen MR) is 63.8 cm³/mol. The molecule has 0 aromatic carbocycles. The summed E-state index contributed by atoms with van der Waals surface area (Å²) in [5.74, 6) is 0.307. The van der Waals surface area contributed by atoms with E-state index in [1.165, 1.54) is 6.42 Å². The van der Waals surface area contributed by atoms with E-state index in [2.05, 4.69) is 12.2 Å². The van der Waals surface area contributed by atoms with Crippen LogP contribution in [0.25, 0.3) is 0 Å². The molecular weight excluding hydrogens is 204 g/mol. The van der Waals surface area contributed by atoms with Gasteiger partial charge in [-0.3, -0.25) is 4.79 Å². The average molecular weight is 228 g/mol. The number of nitrogens with one attached hydrogen (secondary N) is 1. The molecule has 0 saturated heterocycles. The van der Waals surface area contributed by atoms with Crippen LogP contribution in [0, 0.1) is 11.8 Å². The van der Waals surface area contributed by atoms with E-state index in [9.17, 15) is 9.90 Å². The highest BCUT2D eigenvalue weighted by Crippen LogP contribution is 2.31. The first-order valence-corrected chi connectivity index (χ1v) is 6.17. The maximum Gasteiger partial charge on any atom is 0.224 e. The first-order valence-electron chi connectivity index (χ1n) is 6.17. The van der Waals surface area contributed by atoms with Crippen LogP contribution in [0.2, 0.25) is 0 Å².